The van der Waals surface area contributed by atoms with Crippen molar-refractivity contribution in [1.82, 2.24) is 4.90 Å². The third-order valence-electron chi connectivity index (χ3n) is 4.32. The summed E-state index contributed by atoms with van der Waals surface area (Å²) in [6.45, 7) is 4.31. The molecule has 0 unspecified atom stereocenters. The van der Waals surface area contributed by atoms with E-state index in [9.17, 15) is 4.79 Å². The first kappa shape index (κ1) is 13.9. The van der Waals surface area contributed by atoms with Crippen molar-refractivity contribution >= 4 is 5.91 Å². The molecular weight excluding hydrogens is 226 g/mol. The van der Waals surface area contributed by atoms with Gasteiger partial charge in [0.05, 0.1) is 12.7 Å². The predicted molar refractivity (Wildman–Crippen MR) is 72.4 cm³/mol. The summed E-state index contributed by atoms with van der Waals surface area (Å²) in [5, 5.41) is 0. The van der Waals surface area contributed by atoms with Gasteiger partial charge in [0.15, 0.2) is 0 Å². The van der Waals surface area contributed by atoms with Crippen molar-refractivity contribution in [2.45, 2.75) is 64.4 Å². The summed E-state index contributed by atoms with van der Waals surface area (Å²) in [5.41, 5.74) is 0. The maximum absolute atomic E-state index is 12.1. The molecular formula is C15H27NO2. The third kappa shape index (κ3) is 4.27. The van der Waals surface area contributed by atoms with Crippen LogP contribution >= 0.6 is 0 Å². The highest BCUT2D eigenvalue weighted by atomic mass is 16.5. The lowest BCUT2D eigenvalue weighted by Crippen LogP contribution is -2.44. The number of nitrogens with zero attached hydrogens (tertiary/aromatic N) is 1. The van der Waals surface area contributed by atoms with Crippen molar-refractivity contribution in [3.05, 3.63) is 0 Å². The molecule has 104 valence electrons. The van der Waals surface area contributed by atoms with E-state index in [2.05, 4.69) is 0 Å². The fraction of sp³-hybridized carbons (Fsp3) is 0.933. The Bertz CT molecular complexity index is 261. The topological polar surface area (TPSA) is 29.5 Å². The maximum Gasteiger partial charge on any atom is 0.222 e. The molecule has 0 N–H and O–H groups in total. The Balaban J connectivity index is 1.61. The molecule has 1 atom stereocenters. The average molecular weight is 253 g/mol. The van der Waals surface area contributed by atoms with Crippen LogP contribution in [0.5, 0.6) is 0 Å². The Morgan fingerprint density at radius 1 is 1.28 bits per heavy atom. The van der Waals surface area contributed by atoms with Crippen molar-refractivity contribution in [3.8, 4) is 0 Å². The molecule has 0 aromatic carbocycles. The van der Waals surface area contributed by atoms with Crippen molar-refractivity contribution in [2.75, 3.05) is 19.7 Å². The van der Waals surface area contributed by atoms with E-state index in [1.54, 1.807) is 0 Å². The second kappa shape index (κ2) is 7.13. The summed E-state index contributed by atoms with van der Waals surface area (Å²) in [4.78, 5) is 14.0. The zero-order valence-corrected chi connectivity index (χ0v) is 11.7. The largest absolute Gasteiger partial charge is 0.375 e. The Hall–Kier alpha value is -0.570. The highest BCUT2D eigenvalue weighted by Crippen LogP contribution is 2.27. The standard InChI is InChI=1S/C15H27NO2/c1-13-12-16(10-11-18-13)15(17)9-5-8-14-6-3-2-4-7-14/h13-14H,2-12H2,1H3/t13-/m1/s1. The SMILES string of the molecule is C[C@@H]1CN(C(=O)CCCC2CCCCC2)CCO1. The van der Waals surface area contributed by atoms with Crippen molar-refractivity contribution in [3.63, 3.8) is 0 Å². The number of morpholine rings is 1. The molecule has 1 aliphatic carbocycles. The van der Waals surface area contributed by atoms with Gasteiger partial charge in [-0.3, -0.25) is 4.79 Å². The Morgan fingerprint density at radius 2 is 2.06 bits per heavy atom. The van der Waals surface area contributed by atoms with Crippen LogP contribution in [0.4, 0.5) is 0 Å². The molecule has 2 rings (SSSR count). The lowest BCUT2D eigenvalue weighted by molar-refractivity contribution is -0.138. The summed E-state index contributed by atoms with van der Waals surface area (Å²) in [7, 11) is 0. The Labute approximate surface area is 111 Å². The second-order valence-corrected chi connectivity index (χ2v) is 5.92. The van der Waals surface area contributed by atoms with Gasteiger partial charge in [-0.1, -0.05) is 32.1 Å². The molecule has 1 saturated carbocycles. The number of carbonyl (C=O) groups is 1. The zero-order chi connectivity index (χ0) is 12.8. The van der Waals surface area contributed by atoms with E-state index in [1.165, 1.54) is 38.5 Å². The monoisotopic (exact) mass is 253 g/mol. The minimum atomic E-state index is 0.209. The molecule has 2 aliphatic rings. The van der Waals surface area contributed by atoms with E-state index >= 15 is 0 Å². The minimum Gasteiger partial charge on any atom is -0.375 e. The van der Waals surface area contributed by atoms with Crippen LogP contribution in [0, 0.1) is 5.92 Å². The lowest BCUT2D eigenvalue weighted by atomic mass is 9.86. The van der Waals surface area contributed by atoms with E-state index in [4.69, 9.17) is 4.74 Å². The molecule has 3 heteroatoms. The van der Waals surface area contributed by atoms with Gasteiger partial charge in [-0.25, -0.2) is 0 Å². The quantitative estimate of drug-likeness (QED) is 0.771. The normalized spacial score (nSPS) is 26.3. The molecule has 0 spiro atoms. The Morgan fingerprint density at radius 3 is 2.78 bits per heavy atom. The van der Waals surface area contributed by atoms with Crippen LogP contribution in [0.3, 0.4) is 0 Å². The first-order chi connectivity index (χ1) is 8.75. The average Bonchev–Trinajstić information content (AvgIpc) is 2.40. The first-order valence-electron chi connectivity index (χ1n) is 7.65. The van der Waals surface area contributed by atoms with Crippen LogP contribution in [0.1, 0.15) is 58.3 Å². The summed E-state index contributed by atoms with van der Waals surface area (Å²) in [6, 6.07) is 0. The van der Waals surface area contributed by atoms with Crippen LogP contribution < -0.4 is 0 Å². The number of rotatable bonds is 4. The smallest absolute Gasteiger partial charge is 0.222 e. The van der Waals surface area contributed by atoms with Gasteiger partial charge in [-0.2, -0.15) is 0 Å². The van der Waals surface area contributed by atoms with E-state index in [0.717, 1.165) is 31.8 Å². The van der Waals surface area contributed by atoms with Crippen molar-refractivity contribution in [1.29, 1.82) is 0 Å². The molecule has 3 nitrogen and oxygen atoms in total. The molecule has 1 aliphatic heterocycles. The first-order valence-corrected chi connectivity index (χ1v) is 7.65. The van der Waals surface area contributed by atoms with Crippen LogP contribution in [0.25, 0.3) is 0 Å². The van der Waals surface area contributed by atoms with E-state index in [0.29, 0.717) is 12.5 Å². The lowest BCUT2D eigenvalue weighted by Gasteiger charge is -2.31. The number of amides is 1. The Kier molecular flexibility index (Phi) is 5.48. The third-order valence-corrected chi connectivity index (χ3v) is 4.32. The van der Waals surface area contributed by atoms with Gasteiger partial charge in [-0.15, -0.1) is 0 Å². The van der Waals surface area contributed by atoms with Crippen LogP contribution in [-0.2, 0) is 9.53 Å². The zero-order valence-electron chi connectivity index (χ0n) is 11.7. The number of carbonyl (C=O) groups excluding carboxylic acids is 1. The second-order valence-electron chi connectivity index (χ2n) is 5.92. The minimum absolute atomic E-state index is 0.209. The molecule has 0 aromatic rings. The van der Waals surface area contributed by atoms with Gasteiger partial charge in [0, 0.05) is 19.5 Å². The molecule has 1 amide bonds. The number of hydrogen-bond acceptors (Lipinski definition) is 2. The summed E-state index contributed by atoms with van der Waals surface area (Å²) < 4.78 is 5.46. The predicted octanol–water partition coefficient (Wildman–Crippen LogP) is 2.98. The molecule has 1 heterocycles. The van der Waals surface area contributed by atoms with Crippen LogP contribution in [-0.4, -0.2) is 36.6 Å². The van der Waals surface area contributed by atoms with Gasteiger partial charge in [-0.05, 0) is 25.7 Å². The number of ether oxygens (including phenoxy) is 1. The van der Waals surface area contributed by atoms with Crippen LogP contribution in [0.15, 0.2) is 0 Å². The molecule has 2 fully saturated rings. The van der Waals surface area contributed by atoms with Crippen molar-refractivity contribution in [2.24, 2.45) is 5.92 Å². The highest BCUT2D eigenvalue weighted by molar-refractivity contribution is 5.76. The summed E-state index contributed by atoms with van der Waals surface area (Å²) in [6.07, 6.45) is 10.3. The van der Waals surface area contributed by atoms with E-state index in [-0.39, 0.29) is 6.10 Å². The molecule has 0 aromatic heterocycles. The van der Waals surface area contributed by atoms with Crippen molar-refractivity contribution < 1.29 is 9.53 Å². The van der Waals surface area contributed by atoms with Gasteiger partial charge < -0.3 is 9.64 Å². The van der Waals surface area contributed by atoms with E-state index < -0.39 is 0 Å². The fourth-order valence-corrected chi connectivity index (χ4v) is 3.22. The maximum atomic E-state index is 12.1. The van der Waals surface area contributed by atoms with Gasteiger partial charge >= 0.3 is 0 Å². The molecule has 0 bridgehead atoms. The molecule has 0 radical (unpaired) electrons. The molecule has 18 heavy (non-hydrogen) atoms. The van der Waals surface area contributed by atoms with Gasteiger partial charge in [0.25, 0.3) is 0 Å². The van der Waals surface area contributed by atoms with Gasteiger partial charge in [0.2, 0.25) is 5.91 Å². The van der Waals surface area contributed by atoms with E-state index in [1.807, 2.05) is 11.8 Å². The van der Waals surface area contributed by atoms with Gasteiger partial charge in [0.1, 0.15) is 0 Å². The fourth-order valence-electron chi connectivity index (χ4n) is 3.22. The number of hydrogen-bond donors (Lipinski definition) is 0. The summed E-state index contributed by atoms with van der Waals surface area (Å²) in [5.74, 6) is 1.23. The molecule has 1 saturated heterocycles. The summed E-state index contributed by atoms with van der Waals surface area (Å²) >= 11 is 0. The highest BCUT2D eigenvalue weighted by Gasteiger charge is 2.21. The van der Waals surface area contributed by atoms with Crippen LogP contribution in [0.2, 0.25) is 0 Å².